The minimum absolute atomic E-state index is 0.530. The topological polar surface area (TPSA) is 66.9 Å². The van der Waals surface area contributed by atoms with Crippen LogP contribution in [-0.2, 0) is 0 Å². The Morgan fingerprint density at radius 1 is 1.38 bits per heavy atom. The van der Waals surface area contributed by atoms with Gasteiger partial charge in [0, 0.05) is 6.08 Å². The molecule has 0 aromatic heterocycles. The molecule has 4 heteroatoms. The van der Waals surface area contributed by atoms with Crippen LogP contribution in [0.15, 0.2) is 30.5 Å². The third kappa shape index (κ3) is 2.75. The van der Waals surface area contributed by atoms with Crippen molar-refractivity contribution in [1.29, 1.82) is 5.26 Å². The van der Waals surface area contributed by atoms with E-state index in [0.29, 0.717) is 11.1 Å². The van der Waals surface area contributed by atoms with Crippen molar-refractivity contribution in [2.75, 3.05) is 0 Å². The quantitative estimate of drug-likeness (QED) is 0.507. The van der Waals surface area contributed by atoms with Crippen LogP contribution in [0.3, 0.4) is 0 Å². The Bertz CT molecular complexity index is 374. The fourth-order valence-electron chi connectivity index (χ4n) is 0.816. The predicted octanol–water partition coefficient (Wildman–Crippen LogP) is 1.81. The SMILES string of the molecule is N#Cc1ccc(/C=C/[N+](=O)[O-])cc1. The summed E-state index contributed by atoms with van der Waals surface area (Å²) < 4.78 is 0. The molecule has 0 aliphatic carbocycles. The van der Waals surface area contributed by atoms with Gasteiger partial charge >= 0.3 is 0 Å². The van der Waals surface area contributed by atoms with Crippen LogP contribution in [0.25, 0.3) is 6.08 Å². The molecule has 0 aliphatic rings. The minimum atomic E-state index is -0.530. The van der Waals surface area contributed by atoms with Crippen molar-refractivity contribution in [3.8, 4) is 6.07 Å². The standard InChI is InChI=1S/C9H6N2O2/c10-7-9-3-1-8(2-4-9)5-6-11(12)13/h1-6H/b6-5+. The second kappa shape index (κ2) is 4.02. The van der Waals surface area contributed by atoms with Crippen molar-refractivity contribution in [2.45, 2.75) is 0 Å². The molecule has 0 saturated carbocycles. The zero-order chi connectivity index (χ0) is 9.68. The summed E-state index contributed by atoms with van der Waals surface area (Å²) in [6.07, 6.45) is 2.24. The summed E-state index contributed by atoms with van der Waals surface area (Å²) in [5.74, 6) is 0. The lowest BCUT2D eigenvalue weighted by atomic mass is 10.1. The van der Waals surface area contributed by atoms with Crippen LogP contribution in [0.1, 0.15) is 11.1 Å². The van der Waals surface area contributed by atoms with E-state index in [0.717, 1.165) is 6.20 Å². The van der Waals surface area contributed by atoms with Crippen molar-refractivity contribution in [1.82, 2.24) is 0 Å². The summed E-state index contributed by atoms with van der Waals surface area (Å²) in [4.78, 5) is 9.43. The van der Waals surface area contributed by atoms with Gasteiger partial charge in [-0.05, 0) is 17.7 Å². The van der Waals surface area contributed by atoms with Crippen LogP contribution in [0.5, 0.6) is 0 Å². The molecule has 0 spiro atoms. The first-order valence-electron chi connectivity index (χ1n) is 3.54. The lowest BCUT2D eigenvalue weighted by Crippen LogP contribution is -1.82. The second-order valence-corrected chi connectivity index (χ2v) is 2.33. The van der Waals surface area contributed by atoms with Gasteiger partial charge in [0.05, 0.1) is 16.6 Å². The van der Waals surface area contributed by atoms with Crippen molar-refractivity contribution < 1.29 is 4.92 Å². The molecular weight excluding hydrogens is 168 g/mol. The number of benzene rings is 1. The third-order valence-electron chi connectivity index (χ3n) is 1.43. The molecule has 0 aliphatic heterocycles. The third-order valence-corrected chi connectivity index (χ3v) is 1.43. The molecule has 0 atom stereocenters. The van der Waals surface area contributed by atoms with Crippen LogP contribution >= 0.6 is 0 Å². The van der Waals surface area contributed by atoms with Crippen LogP contribution in [-0.4, -0.2) is 4.92 Å². The molecule has 0 heterocycles. The second-order valence-electron chi connectivity index (χ2n) is 2.33. The summed E-state index contributed by atoms with van der Waals surface area (Å²) in [6, 6.07) is 8.49. The number of hydrogen-bond donors (Lipinski definition) is 0. The maximum Gasteiger partial charge on any atom is 0.235 e. The highest BCUT2D eigenvalue weighted by atomic mass is 16.6. The van der Waals surface area contributed by atoms with E-state index < -0.39 is 4.92 Å². The Labute approximate surface area is 74.9 Å². The molecule has 0 bridgehead atoms. The molecule has 0 fully saturated rings. The molecule has 0 saturated heterocycles. The Morgan fingerprint density at radius 3 is 2.46 bits per heavy atom. The summed E-state index contributed by atoms with van der Waals surface area (Å²) in [7, 11) is 0. The fraction of sp³-hybridized carbons (Fsp3) is 0. The lowest BCUT2D eigenvalue weighted by molar-refractivity contribution is -0.400. The van der Waals surface area contributed by atoms with E-state index in [2.05, 4.69) is 0 Å². The first kappa shape index (κ1) is 8.94. The molecule has 0 unspecified atom stereocenters. The fourth-order valence-corrected chi connectivity index (χ4v) is 0.816. The minimum Gasteiger partial charge on any atom is -0.259 e. The van der Waals surface area contributed by atoms with Gasteiger partial charge in [-0.25, -0.2) is 0 Å². The molecule has 0 amide bonds. The van der Waals surface area contributed by atoms with Crippen LogP contribution in [0.2, 0.25) is 0 Å². The average Bonchev–Trinajstić information content (AvgIpc) is 2.15. The summed E-state index contributed by atoms with van der Waals surface area (Å²) in [6.45, 7) is 0. The summed E-state index contributed by atoms with van der Waals surface area (Å²) in [5, 5.41) is 18.4. The van der Waals surface area contributed by atoms with E-state index in [-0.39, 0.29) is 0 Å². The van der Waals surface area contributed by atoms with Crippen LogP contribution < -0.4 is 0 Å². The van der Waals surface area contributed by atoms with E-state index in [1.165, 1.54) is 6.08 Å². The predicted molar refractivity (Wildman–Crippen MR) is 47.2 cm³/mol. The molecule has 0 N–H and O–H groups in total. The number of nitro groups is 1. The van der Waals surface area contributed by atoms with Gasteiger partial charge in [0.25, 0.3) is 0 Å². The highest BCUT2D eigenvalue weighted by Crippen LogP contribution is 2.04. The van der Waals surface area contributed by atoms with Crippen LogP contribution in [0, 0.1) is 21.4 Å². The maximum absolute atomic E-state index is 9.96. The molecular formula is C9H6N2O2. The molecule has 1 aromatic rings. The van der Waals surface area contributed by atoms with Crippen molar-refractivity contribution in [3.63, 3.8) is 0 Å². The highest BCUT2D eigenvalue weighted by Gasteiger charge is 1.91. The maximum atomic E-state index is 9.96. The molecule has 64 valence electrons. The van der Waals surface area contributed by atoms with Gasteiger partial charge in [-0.3, -0.25) is 10.1 Å². The van der Waals surface area contributed by atoms with E-state index in [9.17, 15) is 10.1 Å². The van der Waals surface area contributed by atoms with E-state index >= 15 is 0 Å². The van der Waals surface area contributed by atoms with Crippen molar-refractivity contribution >= 4 is 6.08 Å². The van der Waals surface area contributed by atoms with Crippen LogP contribution in [0.4, 0.5) is 0 Å². The van der Waals surface area contributed by atoms with Crippen molar-refractivity contribution in [2.24, 2.45) is 0 Å². The Hall–Kier alpha value is -2.15. The van der Waals surface area contributed by atoms with Gasteiger partial charge < -0.3 is 0 Å². The summed E-state index contributed by atoms with van der Waals surface area (Å²) in [5.41, 5.74) is 1.24. The number of rotatable bonds is 2. The molecule has 1 rings (SSSR count). The lowest BCUT2D eigenvalue weighted by Gasteiger charge is -1.90. The number of hydrogen-bond acceptors (Lipinski definition) is 3. The van der Waals surface area contributed by atoms with Gasteiger partial charge in [-0.15, -0.1) is 0 Å². The van der Waals surface area contributed by atoms with Gasteiger partial charge in [-0.2, -0.15) is 5.26 Å². The van der Waals surface area contributed by atoms with Gasteiger partial charge in [0.15, 0.2) is 0 Å². The first-order valence-corrected chi connectivity index (χ1v) is 3.54. The first-order chi connectivity index (χ1) is 6.22. The van der Waals surface area contributed by atoms with Gasteiger partial charge in [0.1, 0.15) is 0 Å². The number of nitriles is 1. The molecule has 1 aromatic carbocycles. The average molecular weight is 174 g/mol. The van der Waals surface area contributed by atoms with Gasteiger partial charge in [-0.1, -0.05) is 12.1 Å². The Morgan fingerprint density at radius 2 is 2.00 bits per heavy atom. The largest absolute Gasteiger partial charge is 0.259 e. The van der Waals surface area contributed by atoms with E-state index in [4.69, 9.17) is 5.26 Å². The summed E-state index contributed by atoms with van der Waals surface area (Å²) >= 11 is 0. The number of nitrogens with zero attached hydrogens (tertiary/aromatic N) is 2. The Kier molecular flexibility index (Phi) is 2.77. The molecule has 13 heavy (non-hydrogen) atoms. The zero-order valence-electron chi connectivity index (χ0n) is 6.68. The zero-order valence-corrected chi connectivity index (χ0v) is 6.68. The smallest absolute Gasteiger partial charge is 0.235 e. The van der Waals surface area contributed by atoms with E-state index in [1.54, 1.807) is 24.3 Å². The van der Waals surface area contributed by atoms with E-state index in [1.807, 2.05) is 6.07 Å². The normalized spacial score (nSPS) is 9.77. The van der Waals surface area contributed by atoms with Gasteiger partial charge in [0.2, 0.25) is 6.20 Å². The monoisotopic (exact) mass is 174 g/mol. The van der Waals surface area contributed by atoms with Crippen molar-refractivity contribution in [3.05, 3.63) is 51.7 Å². The highest BCUT2D eigenvalue weighted by molar-refractivity contribution is 5.49. The molecule has 0 radical (unpaired) electrons. The Balaban J connectivity index is 2.82. The molecule has 4 nitrogen and oxygen atoms in total.